The summed E-state index contributed by atoms with van der Waals surface area (Å²) in [6.07, 6.45) is 5.37. The highest BCUT2D eigenvalue weighted by molar-refractivity contribution is 7.15. The van der Waals surface area contributed by atoms with Gasteiger partial charge in [-0.15, -0.1) is 11.3 Å². The van der Waals surface area contributed by atoms with Gasteiger partial charge in [-0.1, -0.05) is 13.8 Å². The highest BCUT2D eigenvalue weighted by atomic mass is 32.1. The van der Waals surface area contributed by atoms with E-state index in [2.05, 4.69) is 23.8 Å². The lowest BCUT2D eigenvalue weighted by Crippen LogP contribution is -1.89. The average molecular weight is 219 g/mol. The van der Waals surface area contributed by atoms with Gasteiger partial charge in [-0.3, -0.25) is 4.98 Å². The van der Waals surface area contributed by atoms with E-state index in [1.165, 1.54) is 4.88 Å². The Morgan fingerprint density at radius 1 is 1.33 bits per heavy atom. The van der Waals surface area contributed by atoms with E-state index >= 15 is 0 Å². The molecule has 2 N–H and O–H groups in total. The molecule has 0 aromatic carbocycles. The topological polar surface area (TPSA) is 51.8 Å². The molecule has 2 rings (SSSR count). The Balaban J connectivity index is 2.42. The van der Waals surface area contributed by atoms with Crippen LogP contribution in [0, 0.1) is 0 Å². The Morgan fingerprint density at radius 3 is 2.73 bits per heavy atom. The molecule has 78 valence electrons. The predicted octanol–water partition coefficient (Wildman–Crippen LogP) is 2.91. The summed E-state index contributed by atoms with van der Waals surface area (Å²) in [5, 5.41) is 0.948. The number of hydrogen-bond donors (Lipinski definition) is 1. The maximum Gasteiger partial charge on any atom is 0.127 e. The highest BCUT2D eigenvalue weighted by Gasteiger charge is 2.09. The lowest BCUT2D eigenvalue weighted by Gasteiger charge is -2.00. The van der Waals surface area contributed by atoms with Crippen molar-refractivity contribution in [2.45, 2.75) is 19.8 Å². The van der Waals surface area contributed by atoms with Crippen LogP contribution >= 0.6 is 11.3 Å². The van der Waals surface area contributed by atoms with Crippen LogP contribution in [-0.2, 0) is 0 Å². The smallest absolute Gasteiger partial charge is 0.127 e. The standard InChI is InChI=1S/C11H13N3S/c1-7(2)10-6-14-11(15-10)8-5-13-4-3-9(8)12/h3-7H,1-2H3,(H2,12,13). The fourth-order valence-corrected chi connectivity index (χ4v) is 2.21. The molecule has 0 bridgehead atoms. The number of nitrogens with two attached hydrogens (primary N) is 1. The summed E-state index contributed by atoms with van der Waals surface area (Å²) in [5.41, 5.74) is 7.52. The summed E-state index contributed by atoms with van der Waals surface area (Å²) < 4.78 is 0. The van der Waals surface area contributed by atoms with E-state index in [-0.39, 0.29) is 0 Å². The number of thiazole rings is 1. The fraction of sp³-hybridized carbons (Fsp3) is 0.273. The first-order chi connectivity index (χ1) is 7.18. The van der Waals surface area contributed by atoms with E-state index in [9.17, 15) is 0 Å². The summed E-state index contributed by atoms with van der Waals surface area (Å²) in [6.45, 7) is 4.31. The Kier molecular flexibility index (Phi) is 2.68. The van der Waals surface area contributed by atoms with Gasteiger partial charge in [0, 0.05) is 29.2 Å². The third-order valence-corrected chi connectivity index (χ3v) is 3.51. The van der Waals surface area contributed by atoms with Crippen LogP contribution in [0.15, 0.2) is 24.7 Å². The summed E-state index contributed by atoms with van der Waals surface area (Å²) in [7, 11) is 0. The molecule has 2 aromatic rings. The number of anilines is 1. The Morgan fingerprint density at radius 2 is 2.13 bits per heavy atom. The molecular weight excluding hydrogens is 206 g/mol. The van der Waals surface area contributed by atoms with E-state index in [4.69, 9.17) is 5.73 Å². The van der Waals surface area contributed by atoms with E-state index < -0.39 is 0 Å². The molecule has 0 unspecified atom stereocenters. The van der Waals surface area contributed by atoms with Crippen molar-refractivity contribution in [2.75, 3.05) is 5.73 Å². The maximum absolute atomic E-state index is 5.86. The Hall–Kier alpha value is -1.42. The van der Waals surface area contributed by atoms with Crippen LogP contribution in [0.4, 0.5) is 5.69 Å². The predicted molar refractivity (Wildman–Crippen MR) is 63.8 cm³/mol. The zero-order valence-corrected chi connectivity index (χ0v) is 9.58. The number of nitrogen functional groups attached to an aromatic ring is 1. The molecule has 0 atom stereocenters. The van der Waals surface area contributed by atoms with Crippen molar-refractivity contribution in [2.24, 2.45) is 0 Å². The lowest BCUT2D eigenvalue weighted by atomic mass is 10.2. The number of aromatic nitrogens is 2. The fourth-order valence-electron chi connectivity index (χ4n) is 1.26. The molecule has 3 nitrogen and oxygen atoms in total. The van der Waals surface area contributed by atoms with Crippen LogP contribution in [0.2, 0.25) is 0 Å². The minimum Gasteiger partial charge on any atom is -0.398 e. The van der Waals surface area contributed by atoms with Gasteiger partial charge in [-0.25, -0.2) is 4.98 Å². The number of rotatable bonds is 2. The van der Waals surface area contributed by atoms with Gasteiger partial charge >= 0.3 is 0 Å². The first-order valence-corrected chi connectivity index (χ1v) is 5.65. The monoisotopic (exact) mass is 219 g/mol. The van der Waals surface area contributed by atoms with Crippen molar-refractivity contribution >= 4 is 17.0 Å². The number of nitrogens with zero attached hydrogens (tertiary/aromatic N) is 2. The molecule has 0 radical (unpaired) electrons. The Labute approximate surface area is 93.0 Å². The van der Waals surface area contributed by atoms with Crippen LogP contribution in [0.1, 0.15) is 24.6 Å². The van der Waals surface area contributed by atoms with Gasteiger partial charge in [-0.2, -0.15) is 0 Å². The van der Waals surface area contributed by atoms with E-state index in [1.807, 2.05) is 6.20 Å². The van der Waals surface area contributed by atoms with Gasteiger partial charge in [0.05, 0.1) is 5.56 Å². The van der Waals surface area contributed by atoms with Crippen molar-refractivity contribution in [3.8, 4) is 10.6 Å². The van der Waals surface area contributed by atoms with E-state index in [0.29, 0.717) is 5.92 Å². The largest absolute Gasteiger partial charge is 0.398 e. The van der Waals surface area contributed by atoms with Crippen LogP contribution < -0.4 is 5.73 Å². The van der Waals surface area contributed by atoms with Crippen molar-refractivity contribution in [1.29, 1.82) is 0 Å². The van der Waals surface area contributed by atoms with Gasteiger partial charge in [-0.05, 0) is 12.0 Å². The van der Waals surface area contributed by atoms with Crippen molar-refractivity contribution in [3.63, 3.8) is 0 Å². The van der Waals surface area contributed by atoms with Crippen molar-refractivity contribution < 1.29 is 0 Å². The molecule has 2 heterocycles. The third kappa shape index (κ3) is 1.99. The number of pyridine rings is 1. The average Bonchev–Trinajstić information content (AvgIpc) is 2.67. The highest BCUT2D eigenvalue weighted by Crippen LogP contribution is 2.31. The zero-order valence-electron chi connectivity index (χ0n) is 8.77. The normalized spacial score (nSPS) is 10.9. The quantitative estimate of drug-likeness (QED) is 0.845. The second-order valence-electron chi connectivity index (χ2n) is 3.69. The molecule has 0 spiro atoms. The molecule has 0 saturated carbocycles. The van der Waals surface area contributed by atoms with Gasteiger partial charge in [0.25, 0.3) is 0 Å². The molecule has 2 aromatic heterocycles. The van der Waals surface area contributed by atoms with Gasteiger partial charge < -0.3 is 5.73 Å². The molecule has 0 saturated heterocycles. The Bertz CT molecular complexity index is 462. The molecule has 15 heavy (non-hydrogen) atoms. The molecule has 0 aliphatic heterocycles. The lowest BCUT2D eigenvalue weighted by molar-refractivity contribution is 0.885. The van der Waals surface area contributed by atoms with Crippen LogP contribution in [0.25, 0.3) is 10.6 Å². The van der Waals surface area contributed by atoms with Gasteiger partial charge in [0.1, 0.15) is 5.01 Å². The molecule has 0 fully saturated rings. The first-order valence-electron chi connectivity index (χ1n) is 4.84. The minimum atomic E-state index is 0.508. The van der Waals surface area contributed by atoms with Crippen LogP contribution in [-0.4, -0.2) is 9.97 Å². The summed E-state index contributed by atoms with van der Waals surface area (Å²) in [4.78, 5) is 9.70. The second kappa shape index (κ2) is 3.98. The summed E-state index contributed by atoms with van der Waals surface area (Å²) >= 11 is 1.68. The molecule has 0 aliphatic carbocycles. The van der Waals surface area contributed by atoms with Gasteiger partial charge in [0.15, 0.2) is 0 Å². The SMILES string of the molecule is CC(C)c1cnc(-c2cnccc2N)s1. The molecule has 0 amide bonds. The van der Waals surface area contributed by atoms with Gasteiger partial charge in [0.2, 0.25) is 0 Å². The molecule has 0 aliphatic rings. The van der Waals surface area contributed by atoms with Crippen LogP contribution in [0.5, 0.6) is 0 Å². The number of hydrogen-bond acceptors (Lipinski definition) is 4. The zero-order chi connectivity index (χ0) is 10.8. The maximum atomic E-state index is 5.86. The summed E-state index contributed by atoms with van der Waals surface area (Å²) in [5.74, 6) is 0.508. The second-order valence-corrected chi connectivity index (χ2v) is 4.75. The van der Waals surface area contributed by atoms with Crippen LogP contribution in [0.3, 0.4) is 0 Å². The molecule has 4 heteroatoms. The minimum absolute atomic E-state index is 0.508. The molecular formula is C11H13N3S. The van der Waals surface area contributed by atoms with E-state index in [1.54, 1.807) is 29.8 Å². The van der Waals surface area contributed by atoms with Crippen molar-refractivity contribution in [1.82, 2.24) is 9.97 Å². The van der Waals surface area contributed by atoms with Crippen molar-refractivity contribution in [3.05, 3.63) is 29.5 Å². The first kappa shape index (κ1) is 10.1. The van der Waals surface area contributed by atoms with E-state index in [0.717, 1.165) is 16.3 Å². The summed E-state index contributed by atoms with van der Waals surface area (Å²) in [6, 6.07) is 1.80. The third-order valence-electron chi connectivity index (χ3n) is 2.18.